The van der Waals surface area contributed by atoms with E-state index in [9.17, 15) is 14.7 Å². The maximum absolute atomic E-state index is 13.9. The first kappa shape index (κ1) is 28.7. The number of aliphatic hydroxyl groups is 2. The second kappa shape index (κ2) is 12.8. The SMILES string of the molecule is C[C@@H](/C=C/CCn1cc(CCO)nn1)[C@]1(O)C(=O)N(Cc2ccccc2)c2ccc(NC(=O)C3CCCNC3)cc21. The highest BCUT2D eigenvalue weighted by Gasteiger charge is 2.52. The van der Waals surface area contributed by atoms with E-state index < -0.39 is 17.4 Å². The fourth-order valence-electron chi connectivity index (χ4n) is 5.59. The summed E-state index contributed by atoms with van der Waals surface area (Å²) in [5, 5.41) is 35.6. The van der Waals surface area contributed by atoms with Gasteiger partial charge < -0.3 is 25.7 Å². The monoisotopic (exact) mass is 558 g/mol. The smallest absolute Gasteiger partial charge is 0.264 e. The van der Waals surface area contributed by atoms with Gasteiger partial charge >= 0.3 is 0 Å². The van der Waals surface area contributed by atoms with Gasteiger partial charge in [0.2, 0.25) is 5.91 Å². The number of amides is 2. The Balaban J connectivity index is 1.37. The summed E-state index contributed by atoms with van der Waals surface area (Å²) in [4.78, 5) is 28.5. The van der Waals surface area contributed by atoms with E-state index in [1.54, 1.807) is 27.9 Å². The van der Waals surface area contributed by atoms with Gasteiger partial charge in [0, 0.05) is 49.5 Å². The first-order valence-corrected chi connectivity index (χ1v) is 14.3. The van der Waals surface area contributed by atoms with Crippen LogP contribution in [0.1, 0.15) is 43.0 Å². The largest absolute Gasteiger partial charge is 0.396 e. The molecule has 10 nitrogen and oxygen atoms in total. The van der Waals surface area contributed by atoms with E-state index in [-0.39, 0.29) is 18.4 Å². The van der Waals surface area contributed by atoms with Gasteiger partial charge in [0.1, 0.15) is 0 Å². The van der Waals surface area contributed by atoms with Crippen LogP contribution in [0, 0.1) is 11.8 Å². The number of allylic oxidation sites excluding steroid dienone is 1. The number of aromatic nitrogens is 3. The van der Waals surface area contributed by atoms with Crippen LogP contribution in [0.2, 0.25) is 0 Å². The molecule has 1 aromatic heterocycles. The number of fused-ring (bicyclic) bond motifs is 1. The number of anilines is 2. The van der Waals surface area contributed by atoms with Crippen molar-refractivity contribution in [1.29, 1.82) is 0 Å². The standard InChI is InChI=1S/C31H38N6O4/c1-22(8-5-6-16-36-21-26(14-17-38)34-35-36)31(41)27-18-25(33-29(39)24-11-7-15-32-19-24)12-13-28(27)37(30(31)40)20-23-9-3-2-4-10-23/h2-5,8-10,12-13,18,21-22,24,32,38,41H,6-7,11,14-17,19-20H2,1H3,(H,33,39)/b8-5+/t22-,24?,31+/m0/s1. The Bertz CT molecular complexity index is 1380. The summed E-state index contributed by atoms with van der Waals surface area (Å²) in [6.07, 6.45) is 8.47. The maximum Gasteiger partial charge on any atom is 0.264 e. The van der Waals surface area contributed by atoms with Crippen molar-refractivity contribution >= 4 is 23.2 Å². The van der Waals surface area contributed by atoms with Crippen LogP contribution in [0.3, 0.4) is 0 Å². The highest BCUT2D eigenvalue weighted by atomic mass is 16.3. The Morgan fingerprint density at radius 3 is 2.85 bits per heavy atom. The number of rotatable bonds is 11. The minimum Gasteiger partial charge on any atom is -0.396 e. The molecule has 3 atom stereocenters. The number of hydrogen-bond donors (Lipinski definition) is 4. The lowest BCUT2D eigenvalue weighted by molar-refractivity contribution is -0.139. The highest BCUT2D eigenvalue weighted by Crippen LogP contribution is 2.47. The van der Waals surface area contributed by atoms with Crippen molar-refractivity contribution in [2.45, 2.75) is 51.3 Å². The first-order chi connectivity index (χ1) is 19.9. The van der Waals surface area contributed by atoms with E-state index in [1.807, 2.05) is 55.5 Å². The van der Waals surface area contributed by atoms with Crippen LogP contribution in [0.15, 0.2) is 66.9 Å². The third-order valence-electron chi connectivity index (χ3n) is 7.95. The van der Waals surface area contributed by atoms with Gasteiger partial charge in [-0.3, -0.25) is 14.3 Å². The van der Waals surface area contributed by atoms with E-state index in [0.29, 0.717) is 49.4 Å². The molecule has 2 aromatic carbocycles. The van der Waals surface area contributed by atoms with Crippen molar-refractivity contribution in [3.8, 4) is 0 Å². The third kappa shape index (κ3) is 6.24. The topological polar surface area (TPSA) is 133 Å². The molecule has 4 N–H and O–H groups in total. The van der Waals surface area contributed by atoms with Crippen molar-refractivity contribution in [3.63, 3.8) is 0 Å². The molecule has 0 saturated carbocycles. The highest BCUT2D eigenvalue weighted by molar-refractivity contribution is 6.08. The van der Waals surface area contributed by atoms with Crippen LogP contribution in [-0.2, 0) is 34.7 Å². The number of nitrogens with zero attached hydrogens (tertiary/aromatic N) is 4. The van der Waals surface area contributed by atoms with Gasteiger partial charge in [0.05, 0.1) is 23.8 Å². The second-order valence-electron chi connectivity index (χ2n) is 10.9. The molecule has 1 unspecified atom stereocenters. The van der Waals surface area contributed by atoms with Crippen LogP contribution < -0.4 is 15.5 Å². The minimum absolute atomic E-state index is 0.0225. The molecule has 0 radical (unpaired) electrons. The normalized spacial score (nSPS) is 21.3. The van der Waals surface area contributed by atoms with Gasteiger partial charge in [-0.2, -0.15) is 0 Å². The molecular formula is C31H38N6O4. The van der Waals surface area contributed by atoms with E-state index in [0.717, 1.165) is 30.6 Å². The van der Waals surface area contributed by atoms with Crippen LogP contribution >= 0.6 is 0 Å². The number of carbonyl (C=O) groups excluding carboxylic acids is 2. The Kier molecular flexibility index (Phi) is 8.92. The average Bonchev–Trinajstić information content (AvgIpc) is 3.53. The van der Waals surface area contributed by atoms with E-state index >= 15 is 0 Å². The van der Waals surface area contributed by atoms with Crippen molar-refractivity contribution < 1.29 is 19.8 Å². The Hall–Kier alpha value is -3.86. The van der Waals surface area contributed by atoms with Crippen LogP contribution in [0.25, 0.3) is 0 Å². The number of carbonyl (C=O) groups is 2. The zero-order chi connectivity index (χ0) is 28.8. The molecule has 10 heteroatoms. The van der Waals surface area contributed by atoms with E-state index in [2.05, 4.69) is 20.9 Å². The molecule has 2 amide bonds. The zero-order valence-corrected chi connectivity index (χ0v) is 23.4. The van der Waals surface area contributed by atoms with Crippen LogP contribution in [-0.4, -0.2) is 56.7 Å². The Labute approximate surface area is 240 Å². The van der Waals surface area contributed by atoms with E-state index in [4.69, 9.17) is 5.11 Å². The quantitative estimate of drug-likeness (QED) is 0.266. The van der Waals surface area contributed by atoms with Gasteiger partial charge in [0.15, 0.2) is 5.60 Å². The molecule has 5 rings (SSSR count). The second-order valence-corrected chi connectivity index (χ2v) is 10.9. The lowest BCUT2D eigenvalue weighted by Gasteiger charge is -2.28. The fourth-order valence-corrected chi connectivity index (χ4v) is 5.59. The van der Waals surface area contributed by atoms with Gasteiger partial charge in [-0.05, 0) is 49.6 Å². The minimum atomic E-state index is -1.80. The molecular weight excluding hydrogens is 520 g/mol. The molecule has 0 bridgehead atoms. The number of benzene rings is 2. The Morgan fingerprint density at radius 1 is 1.27 bits per heavy atom. The first-order valence-electron chi connectivity index (χ1n) is 14.3. The summed E-state index contributed by atoms with van der Waals surface area (Å²) in [5.74, 6) is -1.10. The molecule has 216 valence electrons. The lowest BCUT2D eigenvalue weighted by atomic mass is 9.82. The van der Waals surface area contributed by atoms with E-state index in [1.165, 1.54) is 0 Å². The molecule has 0 aliphatic carbocycles. The number of aliphatic hydroxyl groups excluding tert-OH is 1. The van der Waals surface area contributed by atoms with Gasteiger partial charge in [-0.15, -0.1) is 5.10 Å². The van der Waals surface area contributed by atoms with Crippen molar-refractivity contribution in [1.82, 2.24) is 20.3 Å². The number of nitrogens with one attached hydrogen (secondary N) is 2. The zero-order valence-electron chi connectivity index (χ0n) is 23.4. The van der Waals surface area contributed by atoms with Gasteiger partial charge in [0.25, 0.3) is 5.91 Å². The molecule has 41 heavy (non-hydrogen) atoms. The summed E-state index contributed by atoms with van der Waals surface area (Å²) >= 11 is 0. The molecule has 1 saturated heterocycles. The van der Waals surface area contributed by atoms with Gasteiger partial charge in [-0.1, -0.05) is 54.6 Å². The predicted octanol–water partition coefficient (Wildman–Crippen LogP) is 2.77. The van der Waals surface area contributed by atoms with Gasteiger partial charge in [-0.25, -0.2) is 0 Å². The number of aryl methyl sites for hydroxylation is 1. The molecule has 1 fully saturated rings. The summed E-state index contributed by atoms with van der Waals surface area (Å²) in [5.41, 5.74) is 1.57. The summed E-state index contributed by atoms with van der Waals surface area (Å²) in [6.45, 7) is 4.32. The maximum atomic E-state index is 13.9. The van der Waals surface area contributed by atoms with Crippen LogP contribution in [0.4, 0.5) is 11.4 Å². The summed E-state index contributed by atoms with van der Waals surface area (Å²) in [6, 6.07) is 15.0. The number of hydrogen-bond acceptors (Lipinski definition) is 7. The van der Waals surface area contributed by atoms with Crippen molar-refractivity contribution in [2.75, 3.05) is 29.9 Å². The predicted molar refractivity (Wildman–Crippen MR) is 156 cm³/mol. The Morgan fingerprint density at radius 2 is 2.10 bits per heavy atom. The molecule has 3 heterocycles. The molecule has 2 aliphatic heterocycles. The van der Waals surface area contributed by atoms with Crippen molar-refractivity contribution in [2.24, 2.45) is 11.8 Å². The molecule has 2 aliphatic rings. The van der Waals surface area contributed by atoms with Crippen LogP contribution in [0.5, 0.6) is 0 Å². The third-order valence-corrected chi connectivity index (χ3v) is 7.95. The fraction of sp³-hybridized carbons (Fsp3) is 0.419. The summed E-state index contributed by atoms with van der Waals surface area (Å²) in [7, 11) is 0. The summed E-state index contributed by atoms with van der Waals surface area (Å²) < 4.78 is 1.71. The lowest BCUT2D eigenvalue weighted by Crippen LogP contribution is -2.44. The average molecular weight is 559 g/mol. The molecule has 3 aromatic rings. The molecule has 0 spiro atoms. The van der Waals surface area contributed by atoms with Crippen molar-refractivity contribution in [3.05, 3.63) is 83.7 Å². The number of piperidine rings is 1.